The summed E-state index contributed by atoms with van der Waals surface area (Å²) in [5, 5.41) is 4.79. The second kappa shape index (κ2) is 10.4. The van der Waals surface area contributed by atoms with Gasteiger partial charge in [0.2, 0.25) is 6.10 Å². The molecule has 39 heavy (non-hydrogen) atoms. The van der Waals surface area contributed by atoms with Gasteiger partial charge in [0.15, 0.2) is 0 Å². The van der Waals surface area contributed by atoms with Gasteiger partial charge in [0.05, 0.1) is 18.0 Å². The summed E-state index contributed by atoms with van der Waals surface area (Å²) in [5.41, 5.74) is -0.454. The Bertz CT molecular complexity index is 1690. The van der Waals surface area contributed by atoms with Crippen LogP contribution < -0.4 is 11.2 Å². The van der Waals surface area contributed by atoms with Crippen molar-refractivity contribution in [3.05, 3.63) is 95.0 Å². The molecule has 0 radical (unpaired) electrons. The first-order chi connectivity index (χ1) is 18.6. The van der Waals surface area contributed by atoms with Gasteiger partial charge in [-0.15, -0.1) is 11.3 Å². The molecular weight excluding hydrogens is 567 g/mol. The zero-order chi connectivity index (χ0) is 27.9. The Morgan fingerprint density at radius 3 is 2.46 bits per heavy atom. The third-order valence-electron chi connectivity index (χ3n) is 6.14. The van der Waals surface area contributed by atoms with E-state index in [1.54, 1.807) is 0 Å². The molecule has 200 valence electrons. The van der Waals surface area contributed by atoms with Crippen LogP contribution >= 0.6 is 34.5 Å². The smallest absolute Gasteiger partial charge is 0.351 e. The number of carbonyl (C=O) groups is 2. The van der Waals surface area contributed by atoms with Crippen LogP contribution in [0.2, 0.25) is 10.0 Å². The van der Waals surface area contributed by atoms with Crippen molar-refractivity contribution in [1.82, 2.24) is 19.7 Å². The molecule has 5 rings (SSSR count). The molecule has 1 aliphatic rings. The maximum absolute atomic E-state index is 13.2. The number of ether oxygens (including phenoxy) is 2. The summed E-state index contributed by atoms with van der Waals surface area (Å²) in [6, 6.07) is 12.1. The number of aromatic nitrogens is 4. The summed E-state index contributed by atoms with van der Waals surface area (Å²) in [7, 11) is 0. The number of hydrogen-bond donors (Lipinski definition) is 1. The van der Waals surface area contributed by atoms with Crippen LogP contribution in [0.5, 0.6) is 0 Å². The summed E-state index contributed by atoms with van der Waals surface area (Å²) in [5.74, 6) is -1.27. The van der Waals surface area contributed by atoms with Crippen LogP contribution in [0, 0.1) is 0 Å². The highest BCUT2D eigenvalue weighted by Crippen LogP contribution is 2.44. The molecule has 4 aromatic rings. The average molecular weight is 587 g/mol. The number of aromatic amines is 1. The van der Waals surface area contributed by atoms with E-state index < -0.39 is 34.7 Å². The molecule has 2 aromatic heterocycles. The maximum Gasteiger partial charge on any atom is 0.351 e. The van der Waals surface area contributed by atoms with Crippen LogP contribution in [-0.4, -0.2) is 44.4 Å². The van der Waals surface area contributed by atoms with Crippen LogP contribution in [0.3, 0.4) is 0 Å². The zero-order valence-corrected chi connectivity index (χ0v) is 22.9. The molecule has 10 nitrogen and oxygen atoms in total. The minimum Gasteiger partial charge on any atom is -0.463 e. The number of thiazole rings is 1. The van der Waals surface area contributed by atoms with Crippen molar-refractivity contribution in [2.75, 3.05) is 6.61 Å². The summed E-state index contributed by atoms with van der Waals surface area (Å²) in [6.07, 6.45) is 0.280. The molecule has 1 saturated heterocycles. The van der Waals surface area contributed by atoms with Gasteiger partial charge in [-0.05, 0) is 26.0 Å². The van der Waals surface area contributed by atoms with E-state index in [0.717, 1.165) is 22.2 Å². The Morgan fingerprint density at radius 1 is 1.15 bits per heavy atom. The van der Waals surface area contributed by atoms with E-state index in [9.17, 15) is 19.2 Å². The quantitative estimate of drug-likeness (QED) is 0.333. The number of rotatable bonds is 6. The summed E-state index contributed by atoms with van der Waals surface area (Å²) < 4.78 is 11.4. The molecule has 0 aliphatic carbocycles. The van der Waals surface area contributed by atoms with E-state index in [1.165, 1.54) is 12.1 Å². The van der Waals surface area contributed by atoms with E-state index in [1.807, 2.05) is 44.2 Å². The molecule has 13 heteroatoms. The summed E-state index contributed by atoms with van der Waals surface area (Å²) in [4.78, 5) is 55.9. The van der Waals surface area contributed by atoms with Gasteiger partial charge in [0.25, 0.3) is 5.56 Å². The fourth-order valence-corrected chi connectivity index (χ4v) is 6.23. The van der Waals surface area contributed by atoms with Gasteiger partial charge in [0, 0.05) is 33.0 Å². The highest BCUT2D eigenvalue weighted by molar-refractivity contribution is 7.14. The predicted molar refractivity (Wildman–Crippen MR) is 145 cm³/mol. The fraction of sp³-hybridized carbons (Fsp3) is 0.231. The van der Waals surface area contributed by atoms with Gasteiger partial charge in [-0.25, -0.2) is 19.4 Å². The third kappa shape index (κ3) is 5.12. The lowest BCUT2D eigenvalue weighted by molar-refractivity contribution is -0.145. The van der Waals surface area contributed by atoms with Crippen LogP contribution in [0.4, 0.5) is 0 Å². The predicted octanol–water partition coefficient (Wildman–Crippen LogP) is 4.15. The SMILES string of the molecule is CC(C)(c1nc(-c2ccccc2)c(C(=O)OC2CCOC2=O)s1)c1c(Cl)cc(-n2ncc(=O)[nH]c2=O)cc1Cl. The lowest BCUT2D eigenvalue weighted by Crippen LogP contribution is -2.30. The Hall–Kier alpha value is -3.80. The summed E-state index contributed by atoms with van der Waals surface area (Å²) in [6.45, 7) is 3.89. The molecule has 0 amide bonds. The molecule has 1 atom stereocenters. The Balaban J connectivity index is 1.58. The molecular formula is C26H20Cl2N4O6S. The Labute approximate surface area is 235 Å². The monoisotopic (exact) mass is 586 g/mol. The molecule has 1 aliphatic heterocycles. The van der Waals surface area contributed by atoms with Crippen molar-refractivity contribution in [2.45, 2.75) is 31.8 Å². The topological polar surface area (TPSA) is 133 Å². The first-order valence-electron chi connectivity index (χ1n) is 11.7. The van der Waals surface area contributed by atoms with E-state index in [0.29, 0.717) is 21.8 Å². The van der Waals surface area contributed by atoms with Gasteiger partial charge >= 0.3 is 17.6 Å². The standard InChI is InChI=1S/C26H20Cl2N4O6S/c1-26(2,19-15(27)10-14(11-16(19)28)32-25(36)30-18(33)12-29-32)24-31-20(13-6-4-3-5-7-13)21(39-24)23(35)38-17-8-9-37-22(17)34/h3-7,10-12,17H,8-9H2,1-2H3,(H,30,33,36). The molecule has 1 fully saturated rings. The van der Waals surface area contributed by atoms with Crippen molar-refractivity contribution < 1.29 is 19.1 Å². The summed E-state index contributed by atoms with van der Waals surface area (Å²) >= 11 is 14.5. The van der Waals surface area contributed by atoms with Crippen molar-refractivity contribution in [3.63, 3.8) is 0 Å². The number of H-pyrrole nitrogens is 1. The van der Waals surface area contributed by atoms with E-state index in [4.69, 9.17) is 37.7 Å². The number of benzene rings is 2. The number of carbonyl (C=O) groups excluding carboxylic acids is 2. The van der Waals surface area contributed by atoms with Gasteiger partial charge in [0.1, 0.15) is 16.1 Å². The normalized spacial score (nSPS) is 15.3. The lowest BCUT2D eigenvalue weighted by atomic mass is 9.85. The van der Waals surface area contributed by atoms with Crippen molar-refractivity contribution >= 4 is 46.5 Å². The number of hydrogen-bond acceptors (Lipinski definition) is 9. The van der Waals surface area contributed by atoms with Crippen LogP contribution in [0.25, 0.3) is 16.9 Å². The zero-order valence-electron chi connectivity index (χ0n) is 20.6. The first kappa shape index (κ1) is 26.8. The number of cyclic esters (lactones) is 1. The Kier molecular flexibility index (Phi) is 7.15. The molecule has 2 aromatic carbocycles. The number of halogens is 2. The molecule has 0 spiro atoms. The average Bonchev–Trinajstić information content (AvgIpc) is 3.51. The van der Waals surface area contributed by atoms with Gasteiger partial charge in [-0.1, -0.05) is 53.5 Å². The first-order valence-corrected chi connectivity index (χ1v) is 13.3. The fourth-order valence-electron chi connectivity index (χ4n) is 4.21. The molecule has 0 saturated carbocycles. The second-order valence-electron chi connectivity index (χ2n) is 9.17. The highest BCUT2D eigenvalue weighted by atomic mass is 35.5. The van der Waals surface area contributed by atoms with Crippen molar-refractivity contribution in [2.24, 2.45) is 0 Å². The van der Waals surface area contributed by atoms with E-state index in [-0.39, 0.29) is 33.6 Å². The molecule has 3 heterocycles. The highest BCUT2D eigenvalue weighted by Gasteiger charge is 2.36. The number of nitrogens with zero attached hydrogens (tertiary/aromatic N) is 3. The molecule has 1 unspecified atom stereocenters. The number of esters is 2. The molecule has 1 N–H and O–H groups in total. The number of nitrogens with one attached hydrogen (secondary N) is 1. The van der Waals surface area contributed by atoms with E-state index in [2.05, 4.69) is 10.1 Å². The minimum atomic E-state index is -0.971. The third-order valence-corrected chi connectivity index (χ3v) is 8.10. The molecule has 0 bridgehead atoms. The van der Waals surface area contributed by atoms with Gasteiger partial charge < -0.3 is 9.47 Å². The maximum atomic E-state index is 13.2. The van der Waals surface area contributed by atoms with E-state index >= 15 is 0 Å². The Morgan fingerprint density at radius 2 is 1.85 bits per heavy atom. The van der Waals surface area contributed by atoms with Crippen LogP contribution in [-0.2, 0) is 19.7 Å². The van der Waals surface area contributed by atoms with Crippen molar-refractivity contribution in [1.29, 1.82) is 0 Å². The van der Waals surface area contributed by atoms with Crippen molar-refractivity contribution in [3.8, 4) is 16.9 Å². The van der Waals surface area contributed by atoms with Gasteiger partial charge in [-0.3, -0.25) is 9.78 Å². The van der Waals surface area contributed by atoms with Crippen LogP contribution in [0.1, 0.15) is 40.5 Å². The minimum absolute atomic E-state index is 0.191. The second-order valence-corrected chi connectivity index (χ2v) is 11.0. The lowest BCUT2D eigenvalue weighted by Gasteiger charge is -2.25. The van der Waals surface area contributed by atoms with Gasteiger partial charge in [-0.2, -0.15) is 9.78 Å². The van der Waals surface area contributed by atoms with Crippen LogP contribution in [0.15, 0.2) is 58.3 Å². The largest absolute Gasteiger partial charge is 0.463 e.